The van der Waals surface area contributed by atoms with E-state index in [9.17, 15) is 13.6 Å². The average molecular weight is 272 g/mol. The summed E-state index contributed by atoms with van der Waals surface area (Å²) in [6.45, 7) is 5.22. The van der Waals surface area contributed by atoms with E-state index < -0.39 is 24.0 Å². The van der Waals surface area contributed by atoms with E-state index in [-0.39, 0.29) is 25.1 Å². The van der Waals surface area contributed by atoms with Gasteiger partial charge in [-0.2, -0.15) is 5.26 Å². The second-order valence-electron chi connectivity index (χ2n) is 5.47. The number of allylic oxidation sites excluding steroid dienone is 1. The number of amides is 1. The quantitative estimate of drug-likeness (QED) is 0.637. The van der Waals surface area contributed by atoms with Gasteiger partial charge in [0.1, 0.15) is 5.60 Å². The first-order valence-corrected chi connectivity index (χ1v) is 6.10. The first-order valence-electron chi connectivity index (χ1n) is 6.10. The van der Waals surface area contributed by atoms with Crippen molar-refractivity contribution in [3.05, 3.63) is 11.6 Å². The molecule has 1 aliphatic rings. The molecule has 0 radical (unpaired) electrons. The standard InChI is InChI=1S/C13H18F2N2O2/c1-12(2,3)19-11(18)17-8-5-10(4-7-16)13(14,15)6-9-17/h4H,5-6,8-9H2,1-3H3/b10-4+. The maximum Gasteiger partial charge on any atom is 0.410 e. The fourth-order valence-electron chi connectivity index (χ4n) is 1.75. The predicted octanol–water partition coefficient (Wildman–Crippen LogP) is 3.10. The van der Waals surface area contributed by atoms with E-state index >= 15 is 0 Å². The second kappa shape index (κ2) is 5.55. The van der Waals surface area contributed by atoms with Crippen LogP contribution in [0.15, 0.2) is 11.6 Å². The summed E-state index contributed by atoms with van der Waals surface area (Å²) in [5.41, 5.74) is -0.877. The molecule has 106 valence electrons. The molecule has 1 rings (SSSR count). The Morgan fingerprint density at radius 3 is 2.63 bits per heavy atom. The normalized spacial score (nSPS) is 21.7. The molecule has 6 heteroatoms. The number of likely N-dealkylation sites (tertiary alicyclic amines) is 1. The number of ether oxygens (including phenoxy) is 1. The lowest BCUT2D eigenvalue weighted by Crippen LogP contribution is -2.37. The molecule has 1 amide bonds. The minimum Gasteiger partial charge on any atom is -0.444 e. The third kappa shape index (κ3) is 4.51. The first kappa shape index (κ1) is 15.4. The van der Waals surface area contributed by atoms with E-state index in [1.807, 2.05) is 0 Å². The summed E-state index contributed by atoms with van der Waals surface area (Å²) in [5.74, 6) is -3.04. The zero-order valence-electron chi connectivity index (χ0n) is 11.4. The molecule has 19 heavy (non-hydrogen) atoms. The lowest BCUT2D eigenvalue weighted by atomic mass is 10.0. The number of hydrogen-bond acceptors (Lipinski definition) is 3. The summed E-state index contributed by atoms with van der Waals surface area (Å²) in [4.78, 5) is 13.1. The van der Waals surface area contributed by atoms with Crippen molar-refractivity contribution in [2.24, 2.45) is 0 Å². The molecule has 0 spiro atoms. The van der Waals surface area contributed by atoms with E-state index in [1.54, 1.807) is 26.8 Å². The van der Waals surface area contributed by atoms with Gasteiger partial charge in [-0.25, -0.2) is 13.6 Å². The number of halogens is 2. The number of nitriles is 1. The predicted molar refractivity (Wildman–Crippen MR) is 65.7 cm³/mol. The van der Waals surface area contributed by atoms with Crippen molar-refractivity contribution >= 4 is 6.09 Å². The Balaban J connectivity index is 2.76. The molecule has 0 unspecified atom stereocenters. The molecule has 0 N–H and O–H groups in total. The number of carbonyl (C=O) groups excluding carboxylic acids is 1. The van der Waals surface area contributed by atoms with Crippen LogP contribution in [-0.4, -0.2) is 35.6 Å². The van der Waals surface area contributed by atoms with Crippen molar-refractivity contribution < 1.29 is 18.3 Å². The van der Waals surface area contributed by atoms with Gasteiger partial charge in [-0.05, 0) is 27.2 Å². The second-order valence-corrected chi connectivity index (χ2v) is 5.47. The van der Waals surface area contributed by atoms with E-state index in [0.717, 1.165) is 6.08 Å². The highest BCUT2D eigenvalue weighted by atomic mass is 19.3. The maximum atomic E-state index is 13.7. The van der Waals surface area contributed by atoms with Crippen LogP contribution >= 0.6 is 0 Å². The molecule has 0 bridgehead atoms. The largest absolute Gasteiger partial charge is 0.444 e. The smallest absolute Gasteiger partial charge is 0.410 e. The topological polar surface area (TPSA) is 53.3 Å². The third-order valence-corrected chi connectivity index (χ3v) is 2.71. The fourth-order valence-corrected chi connectivity index (χ4v) is 1.75. The molecule has 0 aliphatic carbocycles. The Bertz CT molecular complexity index is 419. The molecule has 1 aliphatic heterocycles. The Hall–Kier alpha value is -1.64. The highest BCUT2D eigenvalue weighted by molar-refractivity contribution is 5.68. The van der Waals surface area contributed by atoms with Gasteiger partial charge in [0.05, 0.1) is 6.07 Å². The molecular formula is C13H18F2N2O2. The monoisotopic (exact) mass is 272 g/mol. The SMILES string of the molecule is CC(C)(C)OC(=O)N1CC/C(=C\C#N)C(F)(F)CC1. The van der Waals surface area contributed by atoms with E-state index in [1.165, 1.54) is 4.90 Å². The summed E-state index contributed by atoms with van der Waals surface area (Å²) in [7, 11) is 0. The zero-order chi connectivity index (χ0) is 14.7. The summed E-state index contributed by atoms with van der Waals surface area (Å²) >= 11 is 0. The number of alkyl halides is 2. The van der Waals surface area contributed by atoms with Crippen molar-refractivity contribution in [3.63, 3.8) is 0 Å². The molecule has 1 heterocycles. The molecular weight excluding hydrogens is 254 g/mol. The van der Waals surface area contributed by atoms with Crippen LogP contribution in [0, 0.1) is 11.3 Å². The molecule has 1 saturated heterocycles. The average Bonchev–Trinajstić information content (AvgIpc) is 2.37. The maximum absolute atomic E-state index is 13.7. The highest BCUT2D eigenvalue weighted by Crippen LogP contribution is 2.33. The van der Waals surface area contributed by atoms with Crippen LogP contribution in [0.5, 0.6) is 0 Å². The van der Waals surface area contributed by atoms with Crippen molar-refractivity contribution in [3.8, 4) is 6.07 Å². The van der Waals surface area contributed by atoms with Crippen molar-refractivity contribution in [1.82, 2.24) is 4.90 Å². The van der Waals surface area contributed by atoms with Crippen LogP contribution in [0.3, 0.4) is 0 Å². The van der Waals surface area contributed by atoms with Crippen molar-refractivity contribution in [2.45, 2.75) is 45.1 Å². The van der Waals surface area contributed by atoms with Crippen LogP contribution < -0.4 is 0 Å². The molecule has 1 fully saturated rings. The van der Waals surface area contributed by atoms with Crippen molar-refractivity contribution in [2.75, 3.05) is 13.1 Å². The molecule has 0 aromatic rings. The van der Waals surface area contributed by atoms with Crippen molar-refractivity contribution in [1.29, 1.82) is 5.26 Å². The van der Waals surface area contributed by atoms with Crippen LogP contribution in [0.1, 0.15) is 33.6 Å². The molecule has 0 atom stereocenters. The molecule has 0 saturated carbocycles. The Morgan fingerprint density at radius 2 is 2.11 bits per heavy atom. The Morgan fingerprint density at radius 1 is 1.47 bits per heavy atom. The highest BCUT2D eigenvalue weighted by Gasteiger charge is 2.38. The summed E-state index contributed by atoms with van der Waals surface area (Å²) in [6, 6.07) is 1.63. The molecule has 0 aromatic carbocycles. The lowest BCUT2D eigenvalue weighted by Gasteiger charge is -2.26. The Labute approximate surface area is 111 Å². The number of carbonyl (C=O) groups is 1. The fraction of sp³-hybridized carbons (Fsp3) is 0.692. The number of nitrogens with zero attached hydrogens (tertiary/aromatic N) is 2. The summed E-state index contributed by atoms with van der Waals surface area (Å²) < 4.78 is 32.5. The first-order chi connectivity index (χ1) is 8.65. The van der Waals surface area contributed by atoms with Gasteiger partial charge in [0.2, 0.25) is 0 Å². The van der Waals surface area contributed by atoms with Gasteiger partial charge < -0.3 is 9.64 Å². The summed E-state index contributed by atoms with van der Waals surface area (Å²) in [6.07, 6.45) is -0.223. The summed E-state index contributed by atoms with van der Waals surface area (Å²) in [5, 5.41) is 8.51. The lowest BCUT2D eigenvalue weighted by molar-refractivity contribution is 0.0141. The third-order valence-electron chi connectivity index (χ3n) is 2.71. The Kier molecular flexibility index (Phi) is 4.51. The minimum absolute atomic E-state index is 0.0141. The molecule has 4 nitrogen and oxygen atoms in total. The number of hydrogen-bond donors (Lipinski definition) is 0. The van der Waals surface area contributed by atoms with E-state index in [4.69, 9.17) is 10.00 Å². The van der Waals surface area contributed by atoms with Gasteiger partial charge in [0.15, 0.2) is 0 Å². The molecule has 0 aromatic heterocycles. The zero-order valence-corrected chi connectivity index (χ0v) is 11.4. The van der Waals surface area contributed by atoms with Gasteiger partial charge in [-0.1, -0.05) is 0 Å². The van der Waals surface area contributed by atoms with Crippen LogP contribution in [0.25, 0.3) is 0 Å². The van der Waals surface area contributed by atoms with E-state index in [2.05, 4.69) is 0 Å². The van der Waals surface area contributed by atoms with E-state index in [0.29, 0.717) is 0 Å². The van der Waals surface area contributed by atoms with Gasteiger partial charge >= 0.3 is 6.09 Å². The van der Waals surface area contributed by atoms with Crippen LogP contribution in [0.4, 0.5) is 13.6 Å². The van der Waals surface area contributed by atoms with Gasteiger partial charge in [-0.3, -0.25) is 0 Å². The number of rotatable bonds is 0. The van der Waals surface area contributed by atoms with Gasteiger partial charge in [0, 0.05) is 31.2 Å². The minimum atomic E-state index is -3.04. The van der Waals surface area contributed by atoms with Crippen LogP contribution in [-0.2, 0) is 4.74 Å². The van der Waals surface area contributed by atoms with Gasteiger partial charge in [-0.15, -0.1) is 0 Å². The van der Waals surface area contributed by atoms with Crippen LogP contribution in [0.2, 0.25) is 0 Å². The van der Waals surface area contributed by atoms with Gasteiger partial charge in [0.25, 0.3) is 5.92 Å².